The number of ether oxygens (including phenoxy) is 1. The van der Waals surface area contributed by atoms with Gasteiger partial charge in [-0.1, -0.05) is 37.3 Å². The number of fused-ring (bicyclic) bond motifs is 1. The van der Waals surface area contributed by atoms with Crippen LogP contribution in [0.25, 0.3) is 0 Å². The zero-order valence-corrected chi connectivity index (χ0v) is 21.5. The van der Waals surface area contributed by atoms with Crippen molar-refractivity contribution in [2.75, 3.05) is 25.6 Å². The molecule has 0 spiro atoms. The van der Waals surface area contributed by atoms with Crippen LogP contribution in [0.1, 0.15) is 43.7 Å². The van der Waals surface area contributed by atoms with E-state index in [9.17, 15) is 27.6 Å². The van der Waals surface area contributed by atoms with Crippen molar-refractivity contribution in [3.63, 3.8) is 0 Å². The number of hydrogen-bond donors (Lipinski definition) is 2. The fraction of sp³-hybridized carbons (Fsp3) is 0.407. The Hall–Kier alpha value is -3.89. The molecule has 0 saturated carbocycles. The topological polar surface area (TPSA) is 100 Å². The fourth-order valence-electron chi connectivity index (χ4n) is 4.07. The van der Waals surface area contributed by atoms with Crippen LogP contribution >= 0.6 is 0 Å². The fourth-order valence-corrected chi connectivity index (χ4v) is 4.07. The highest BCUT2D eigenvalue weighted by atomic mass is 19.4. The number of rotatable bonds is 10. The average Bonchev–Trinajstić information content (AvgIpc) is 2.99. The Kier molecular flexibility index (Phi) is 9.49. The Bertz CT molecular complexity index is 1180. The molecule has 11 heteroatoms. The van der Waals surface area contributed by atoms with Crippen molar-refractivity contribution in [1.82, 2.24) is 10.6 Å². The van der Waals surface area contributed by atoms with Gasteiger partial charge in [-0.05, 0) is 25.0 Å². The molecule has 0 unspecified atom stereocenters. The van der Waals surface area contributed by atoms with E-state index in [0.29, 0.717) is 41.2 Å². The molecule has 0 aromatic heterocycles. The van der Waals surface area contributed by atoms with Crippen LogP contribution < -0.4 is 20.3 Å². The summed E-state index contributed by atoms with van der Waals surface area (Å²) in [4.78, 5) is 44.8. The lowest BCUT2D eigenvalue weighted by Gasteiger charge is -2.23. The van der Waals surface area contributed by atoms with E-state index in [2.05, 4.69) is 15.6 Å². The SMILES string of the molecule is CCCNC(=O)C[C@@H](CCC(F)(F)F)C(=O)N[C@H]1N=C(c2ccccc2)c2ccc(OC)cc2N(C)C1=O. The maximum Gasteiger partial charge on any atom is 0.389 e. The third-order valence-electron chi connectivity index (χ3n) is 6.12. The number of likely N-dealkylation sites (N-methyl/N-ethyl adjacent to an activating group) is 1. The summed E-state index contributed by atoms with van der Waals surface area (Å²) >= 11 is 0. The second-order valence-electron chi connectivity index (χ2n) is 8.94. The van der Waals surface area contributed by atoms with E-state index < -0.39 is 55.2 Å². The number of nitrogens with zero attached hydrogens (tertiary/aromatic N) is 2. The molecular weight excluding hydrogens is 501 g/mol. The summed E-state index contributed by atoms with van der Waals surface area (Å²) in [5.74, 6) is -2.78. The Morgan fingerprint density at radius 1 is 1.16 bits per heavy atom. The molecule has 0 bridgehead atoms. The van der Waals surface area contributed by atoms with Gasteiger partial charge in [0.1, 0.15) is 5.75 Å². The van der Waals surface area contributed by atoms with Gasteiger partial charge in [-0.25, -0.2) is 4.99 Å². The Balaban J connectivity index is 1.96. The van der Waals surface area contributed by atoms with Gasteiger partial charge >= 0.3 is 6.18 Å². The minimum absolute atomic E-state index is 0.338. The summed E-state index contributed by atoms with van der Waals surface area (Å²) in [6.45, 7) is 2.17. The molecule has 0 saturated heterocycles. The van der Waals surface area contributed by atoms with Gasteiger partial charge in [0.15, 0.2) is 0 Å². The highest BCUT2D eigenvalue weighted by Gasteiger charge is 2.35. The van der Waals surface area contributed by atoms with Crippen LogP contribution in [-0.4, -0.2) is 56.5 Å². The summed E-state index contributed by atoms with van der Waals surface area (Å²) in [5, 5.41) is 5.08. The summed E-state index contributed by atoms with van der Waals surface area (Å²) in [5.41, 5.74) is 2.19. The van der Waals surface area contributed by atoms with Gasteiger partial charge in [0, 0.05) is 49.5 Å². The summed E-state index contributed by atoms with van der Waals surface area (Å²) in [7, 11) is 3.01. The Morgan fingerprint density at radius 2 is 1.87 bits per heavy atom. The molecule has 8 nitrogen and oxygen atoms in total. The second kappa shape index (κ2) is 12.6. The smallest absolute Gasteiger partial charge is 0.389 e. The number of nitrogens with one attached hydrogen (secondary N) is 2. The number of alkyl halides is 3. The minimum Gasteiger partial charge on any atom is -0.497 e. The van der Waals surface area contributed by atoms with Crippen molar-refractivity contribution in [2.45, 2.75) is 44.9 Å². The van der Waals surface area contributed by atoms with Gasteiger partial charge in [-0.3, -0.25) is 14.4 Å². The summed E-state index contributed by atoms with van der Waals surface area (Å²) in [6, 6.07) is 14.1. The molecule has 38 heavy (non-hydrogen) atoms. The monoisotopic (exact) mass is 532 g/mol. The van der Waals surface area contributed by atoms with Gasteiger partial charge in [-0.2, -0.15) is 13.2 Å². The quantitative estimate of drug-likeness (QED) is 0.486. The van der Waals surface area contributed by atoms with Gasteiger partial charge in [0.2, 0.25) is 18.0 Å². The normalized spacial score (nSPS) is 16.2. The molecular formula is C27H31F3N4O4. The highest BCUT2D eigenvalue weighted by molar-refractivity contribution is 6.20. The van der Waals surface area contributed by atoms with Gasteiger partial charge in [0.25, 0.3) is 5.91 Å². The van der Waals surface area contributed by atoms with Crippen LogP contribution in [-0.2, 0) is 14.4 Å². The molecule has 2 aromatic carbocycles. The number of benzodiazepines with no additional fused rings is 1. The Morgan fingerprint density at radius 3 is 2.50 bits per heavy atom. The van der Waals surface area contributed by atoms with Crippen molar-refractivity contribution < 1.29 is 32.3 Å². The molecule has 1 aliphatic heterocycles. The van der Waals surface area contributed by atoms with Crippen LogP contribution in [0.2, 0.25) is 0 Å². The zero-order chi connectivity index (χ0) is 27.9. The van der Waals surface area contributed by atoms with Gasteiger partial charge in [-0.15, -0.1) is 0 Å². The largest absolute Gasteiger partial charge is 0.497 e. The second-order valence-corrected chi connectivity index (χ2v) is 8.94. The third-order valence-corrected chi connectivity index (χ3v) is 6.12. The van der Waals surface area contributed by atoms with Gasteiger partial charge in [0.05, 0.1) is 18.5 Å². The Labute approximate surface area is 219 Å². The number of methoxy groups -OCH3 is 1. The number of anilines is 1. The number of carbonyl (C=O) groups excluding carboxylic acids is 3. The van der Waals surface area contributed by atoms with E-state index in [-0.39, 0.29) is 0 Å². The first kappa shape index (κ1) is 28.7. The first-order valence-electron chi connectivity index (χ1n) is 12.3. The van der Waals surface area contributed by atoms with E-state index >= 15 is 0 Å². The van der Waals surface area contributed by atoms with Crippen molar-refractivity contribution in [1.29, 1.82) is 0 Å². The molecule has 2 aromatic rings. The highest BCUT2D eigenvalue weighted by Crippen LogP contribution is 2.31. The number of aliphatic imine (C=N–C) groups is 1. The van der Waals surface area contributed by atoms with Crippen LogP contribution in [0.3, 0.4) is 0 Å². The molecule has 3 amide bonds. The average molecular weight is 533 g/mol. The molecule has 0 fully saturated rings. The standard InChI is InChI=1S/C27H31F3N4O4/c1-4-14-31-22(35)15-18(12-13-27(28,29)30)25(36)33-24-26(37)34(2)21-16-19(38-3)10-11-20(21)23(32-24)17-8-6-5-7-9-17/h5-11,16,18,24H,4,12-15H2,1-3H3,(H,31,35)(H,33,36)/t18-,24-/m1/s1. The first-order valence-corrected chi connectivity index (χ1v) is 12.3. The molecule has 2 atom stereocenters. The molecule has 3 rings (SSSR count). The van der Waals surface area contributed by atoms with E-state index in [1.54, 1.807) is 42.5 Å². The number of hydrogen-bond acceptors (Lipinski definition) is 5. The van der Waals surface area contributed by atoms with Crippen LogP contribution in [0.5, 0.6) is 5.75 Å². The number of halogens is 3. The van der Waals surface area contributed by atoms with Crippen molar-refractivity contribution >= 4 is 29.1 Å². The number of benzene rings is 2. The van der Waals surface area contributed by atoms with Crippen LogP contribution in [0.4, 0.5) is 18.9 Å². The van der Waals surface area contributed by atoms with Gasteiger partial charge < -0.3 is 20.3 Å². The molecule has 1 aliphatic rings. The summed E-state index contributed by atoms with van der Waals surface area (Å²) < 4.78 is 44.2. The third kappa shape index (κ3) is 7.33. The minimum atomic E-state index is -4.50. The van der Waals surface area contributed by atoms with E-state index in [1.165, 1.54) is 19.1 Å². The summed E-state index contributed by atoms with van der Waals surface area (Å²) in [6.07, 6.45) is -7.57. The predicted octanol–water partition coefficient (Wildman–Crippen LogP) is 3.83. The van der Waals surface area contributed by atoms with Crippen LogP contribution in [0, 0.1) is 5.92 Å². The lowest BCUT2D eigenvalue weighted by Crippen LogP contribution is -2.48. The molecule has 0 radical (unpaired) electrons. The molecule has 2 N–H and O–H groups in total. The van der Waals surface area contributed by atoms with Crippen molar-refractivity contribution in [2.24, 2.45) is 10.9 Å². The lowest BCUT2D eigenvalue weighted by atomic mass is 9.97. The van der Waals surface area contributed by atoms with Crippen LogP contribution in [0.15, 0.2) is 53.5 Å². The lowest BCUT2D eigenvalue weighted by molar-refractivity contribution is -0.144. The molecule has 204 valence electrons. The van der Waals surface area contributed by atoms with E-state index in [0.717, 1.165) is 0 Å². The van der Waals surface area contributed by atoms with E-state index in [1.807, 2.05) is 13.0 Å². The maximum absolute atomic E-state index is 13.4. The van der Waals surface area contributed by atoms with Crippen molar-refractivity contribution in [3.8, 4) is 5.75 Å². The predicted molar refractivity (Wildman–Crippen MR) is 137 cm³/mol. The molecule has 0 aliphatic carbocycles. The number of carbonyl (C=O) groups is 3. The molecule has 1 heterocycles. The maximum atomic E-state index is 13.4. The zero-order valence-electron chi connectivity index (χ0n) is 21.5. The van der Waals surface area contributed by atoms with E-state index in [4.69, 9.17) is 4.74 Å². The van der Waals surface area contributed by atoms with Crippen molar-refractivity contribution in [3.05, 3.63) is 59.7 Å². The first-order chi connectivity index (χ1) is 18.0. The number of amides is 3.